The smallest absolute Gasteiger partial charge is 0.262 e. The highest BCUT2D eigenvalue weighted by molar-refractivity contribution is 6.07. The van der Waals surface area contributed by atoms with E-state index in [1.807, 2.05) is 31.2 Å². The van der Waals surface area contributed by atoms with E-state index in [1.54, 1.807) is 4.90 Å². The predicted molar refractivity (Wildman–Crippen MR) is 82.4 cm³/mol. The summed E-state index contributed by atoms with van der Waals surface area (Å²) in [6, 6.07) is 9.20. The number of carbonyl (C=O) groups excluding carboxylic acids is 1. The van der Waals surface area contributed by atoms with E-state index in [2.05, 4.69) is 4.98 Å². The van der Waals surface area contributed by atoms with E-state index >= 15 is 0 Å². The molecule has 1 amide bonds. The third-order valence-electron chi connectivity index (χ3n) is 3.17. The third-order valence-corrected chi connectivity index (χ3v) is 3.17. The first kappa shape index (κ1) is 15.0. The van der Waals surface area contributed by atoms with Gasteiger partial charge in [0.15, 0.2) is 0 Å². The molecule has 2 rings (SSSR count). The summed E-state index contributed by atoms with van der Waals surface area (Å²) in [5.74, 6) is -0.373. The van der Waals surface area contributed by atoms with Crippen molar-refractivity contribution in [1.29, 1.82) is 0 Å². The zero-order chi connectivity index (χ0) is 15.2. The lowest BCUT2D eigenvalue weighted by molar-refractivity contribution is 0.0984. The number of rotatable bonds is 5. The summed E-state index contributed by atoms with van der Waals surface area (Å²) in [5.41, 5.74) is 7.66. The molecule has 0 saturated heterocycles. The molecule has 0 aliphatic heterocycles. The Morgan fingerprint density at radius 1 is 1.38 bits per heavy atom. The molecule has 0 aliphatic rings. The normalized spacial score (nSPS) is 10.4. The number of amides is 1. The topological polar surface area (TPSA) is 79.5 Å². The van der Waals surface area contributed by atoms with Crippen molar-refractivity contribution < 1.29 is 9.90 Å². The Labute approximate surface area is 124 Å². The van der Waals surface area contributed by atoms with Crippen LogP contribution in [0.4, 0.5) is 5.69 Å². The Bertz CT molecular complexity index is 628. The van der Waals surface area contributed by atoms with Gasteiger partial charge in [-0.05, 0) is 43.7 Å². The summed E-state index contributed by atoms with van der Waals surface area (Å²) in [6.07, 6.45) is 3.44. The van der Waals surface area contributed by atoms with Crippen LogP contribution in [0, 0.1) is 6.92 Å². The van der Waals surface area contributed by atoms with Crippen LogP contribution in [0.5, 0.6) is 5.75 Å². The van der Waals surface area contributed by atoms with Crippen LogP contribution in [-0.2, 0) is 0 Å². The van der Waals surface area contributed by atoms with Gasteiger partial charge in [0.2, 0.25) is 0 Å². The Morgan fingerprint density at radius 3 is 2.86 bits per heavy atom. The van der Waals surface area contributed by atoms with Crippen molar-refractivity contribution in [2.45, 2.75) is 13.3 Å². The van der Waals surface area contributed by atoms with E-state index in [0.29, 0.717) is 19.5 Å². The largest absolute Gasteiger partial charge is 0.505 e. The Morgan fingerprint density at radius 2 is 2.19 bits per heavy atom. The van der Waals surface area contributed by atoms with E-state index in [1.165, 1.54) is 18.5 Å². The first-order valence-corrected chi connectivity index (χ1v) is 6.85. The number of hydrogen-bond donors (Lipinski definition) is 2. The van der Waals surface area contributed by atoms with E-state index in [4.69, 9.17) is 5.73 Å². The number of aryl methyl sites for hydroxylation is 1. The van der Waals surface area contributed by atoms with E-state index in [-0.39, 0.29) is 17.2 Å². The molecule has 0 saturated carbocycles. The molecule has 1 heterocycles. The lowest BCUT2D eigenvalue weighted by Crippen LogP contribution is -2.33. The summed E-state index contributed by atoms with van der Waals surface area (Å²) in [5, 5.41) is 9.82. The van der Waals surface area contributed by atoms with Gasteiger partial charge in [-0.3, -0.25) is 9.78 Å². The van der Waals surface area contributed by atoms with E-state index < -0.39 is 0 Å². The van der Waals surface area contributed by atoms with Crippen molar-refractivity contribution in [3.05, 3.63) is 53.9 Å². The number of aromatic nitrogens is 1. The monoisotopic (exact) mass is 285 g/mol. The zero-order valence-corrected chi connectivity index (χ0v) is 12.0. The number of aromatic hydroxyl groups is 1. The number of anilines is 1. The minimum atomic E-state index is -0.256. The lowest BCUT2D eigenvalue weighted by atomic mass is 10.1. The lowest BCUT2D eigenvalue weighted by Gasteiger charge is -2.23. The maximum absolute atomic E-state index is 12.7. The molecular weight excluding hydrogens is 266 g/mol. The van der Waals surface area contributed by atoms with E-state index in [0.717, 1.165) is 11.3 Å². The summed E-state index contributed by atoms with van der Waals surface area (Å²) >= 11 is 0. The molecule has 2 aromatic rings. The first-order chi connectivity index (χ1) is 10.1. The molecule has 5 nitrogen and oxygen atoms in total. The first-order valence-electron chi connectivity index (χ1n) is 6.85. The molecule has 0 atom stereocenters. The number of nitrogens with zero attached hydrogens (tertiary/aromatic N) is 2. The van der Waals surface area contributed by atoms with Crippen molar-refractivity contribution in [3.8, 4) is 5.75 Å². The van der Waals surface area contributed by atoms with Crippen LogP contribution in [0.15, 0.2) is 42.7 Å². The summed E-state index contributed by atoms with van der Waals surface area (Å²) in [6.45, 7) is 2.97. The molecule has 1 aromatic heterocycles. The van der Waals surface area contributed by atoms with Gasteiger partial charge in [-0.15, -0.1) is 0 Å². The van der Waals surface area contributed by atoms with Gasteiger partial charge >= 0.3 is 0 Å². The van der Waals surface area contributed by atoms with Crippen LogP contribution < -0.4 is 10.6 Å². The maximum atomic E-state index is 12.7. The van der Waals surface area contributed by atoms with Crippen molar-refractivity contribution in [2.24, 2.45) is 5.73 Å². The van der Waals surface area contributed by atoms with Crippen molar-refractivity contribution in [3.63, 3.8) is 0 Å². The summed E-state index contributed by atoms with van der Waals surface area (Å²) in [7, 11) is 0. The van der Waals surface area contributed by atoms with Crippen LogP contribution in [0.3, 0.4) is 0 Å². The average molecular weight is 285 g/mol. The quantitative estimate of drug-likeness (QED) is 0.881. The number of carbonyl (C=O) groups is 1. The summed E-state index contributed by atoms with van der Waals surface area (Å²) < 4.78 is 0. The van der Waals surface area contributed by atoms with Gasteiger partial charge in [0.25, 0.3) is 5.91 Å². The standard InChI is InChI=1S/C16H19N3O2/c1-12-4-2-5-13(10-12)19(9-3-7-17)16(21)14-6-8-18-11-15(14)20/h2,4-6,8,10-11,20H,3,7,9,17H2,1H3. The minimum absolute atomic E-state index is 0.118. The van der Waals surface area contributed by atoms with Crippen LogP contribution in [0.25, 0.3) is 0 Å². The second-order valence-corrected chi connectivity index (χ2v) is 4.83. The van der Waals surface area contributed by atoms with Gasteiger partial charge in [0.05, 0.1) is 11.8 Å². The molecule has 0 spiro atoms. The Balaban J connectivity index is 2.36. The van der Waals surface area contributed by atoms with Gasteiger partial charge in [-0.25, -0.2) is 0 Å². The molecule has 3 N–H and O–H groups in total. The predicted octanol–water partition coefficient (Wildman–Crippen LogP) is 2.09. The highest BCUT2D eigenvalue weighted by atomic mass is 16.3. The van der Waals surface area contributed by atoms with Gasteiger partial charge in [0.1, 0.15) is 5.75 Å². The number of pyridine rings is 1. The molecule has 0 aliphatic carbocycles. The molecule has 21 heavy (non-hydrogen) atoms. The molecule has 0 unspecified atom stereocenters. The average Bonchev–Trinajstić information content (AvgIpc) is 2.48. The maximum Gasteiger partial charge on any atom is 0.262 e. The van der Waals surface area contributed by atoms with Crippen LogP contribution in [-0.4, -0.2) is 29.1 Å². The van der Waals surface area contributed by atoms with Gasteiger partial charge < -0.3 is 15.7 Å². The fourth-order valence-electron chi connectivity index (χ4n) is 2.11. The molecule has 0 bridgehead atoms. The van der Waals surface area contributed by atoms with Gasteiger partial charge in [-0.1, -0.05) is 12.1 Å². The molecule has 110 valence electrons. The van der Waals surface area contributed by atoms with Crippen LogP contribution in [0.1, 0.15) is 22.3 Å². The Kier molecular flexibility index (Phi) is 4.90. The molecule has 5 heteroatoms. The van der Waals surface area contributed by atoms with Crippen molar-refractivity contribution >= 4 is 11.6 Å². The number of nitrogens with two attached hydrogens (primary N) is 1. The van der Waals surface area contributed by atoms with Crippen LogP contribution in [0.2, 0.25) is 0 Å². The highest BCUT2D eigenvalue weighted by Gasteiger charge is 2.20. The van der Waals surface area contributed by atoms with Crippen LogP contribution >= 0.6 is 0 Å². The molecule has 0 radical (unpaired) electrons. The minimum Gasteiger partial charge on any atom is -0.505 e. The summed E-state index contributed by atoms with van der Waals surface area (Å²) in [4.78, 5) is 18.1. The zero-order valence-electron chi connectivity index (χ0n) is 12.0. The number of benzene rings is 1. The van der Waals surface area contributed by atoms with Gasteiger partial charge in [0, 0.05) is 18.4 Å². The molecule has 0 fully saturated rings. The SMILES string of the molecule is Cc1cccc(N(CCCN)C(=O)c2ccncc2O)c1. The van der Waals surface area contributed by atoms with Gasteiger partial charge in [-0.2, -0.15) is 0 Å². The van der Waals surface area contributed by atoms with Crippen molar-refractivity contribution in [1.82, 2.24) is 4.98 Å². The second kappa shape index (κ2) is 6.85. The second-order valence-electron chi connectivity index (χ2n) is 4.83. The molecule has 1 aromatic carbocycles. The molecular formula is C16H19N3O2. The van der Waals surface area contributed by atoms with E-state index in [9.17, 15) is 9.90 Å². The fourth-order valence-corrected chi connectivity index (χ4v) is 2.11. The number of hydrogen-bond acceptors (Lipinski definition) is 4. The third kappa shape index (κ3) is 3.58. The Hall–Kier alpha value is -2.40. The van der Waals surface area contributed by atoms with Crippen molar-refractivity contribution in [2.75, 3.05) is 18.0 Å². The highest BCUT2D eigenvalue weighted by Crippen LogP contribution is 2.22. The fraction of sp³-hybridized carbons (Fsp3) is 0.250.